The zero-order valence-electron chi connectivity index (χ0n) is 8.03. The molecule has 0 aromatic rings. The minimum atomic E-state index is -0.368. The summed E-state index contributed by atoms with van der Waals surface area (Å²) in [7, 11) is 0. The van der Waals surface area contributed by atoms with Crippen molar-refractivity contribution >= 4 is 5.97 Å². The van der Waals surface area contributed by atoms with Crippen LogP contribution in [0.15, 0.2) is 0 Å². The molecule has 0 saturated heterocycles. The van der Waals surface area contributed by atoms with Gasteiger partial charge in [0.2, 0.25) is 0 Å². The molecule has 0 aromatic carbocycles. The normalized spacial score (nSPS) is 38.2. The van der Waals surface area contributed by atoms with E-state index in [9.17, 15) is 4.79 Å². The highest BCUT2D eigenvalue weighted by Gasteiger charge is 2.48. The molecule has 0 spiro atoms. The molecule has 0 aliphatic heterocycles. The van der Waals surface area contributed by atoms with Crippen molar-refractivity contribution < 1.29 is 9.53 Å². The maximum Gasteiger partial charge on any atom is 0.323 e. The largest absolute Gasteiger partial charge is 0.465 e. The van der Waals surface area contributed by atoms with Crippen LogP contribution in [-0.2, 0) is 9.53 Å². The minimum Gasteiger partial charge on any atom is -0.465 e. The lowest BCUT2D eigenvalue weighted by molar-refractivity contribution is -0.146. The van der Waals surface area contributed by atoms with Crippen LogP contribution in [0.2, 0.25) is 0 Å². The van der Waals surface area contributed by atoms with Gasteiger partial charge in [-0.2, -0.15) is 0 Å². The molecule has 0 heterocycles. The van der Waals surface area contributed by atoms with Crippen LogP contribution in [0, 0.1) is 17.8 Å². The molecular weight excluding hydrogens is 166 g/mol. The average Bonchev–Trinajstić information content (AvgIpc) is 2.73. The summed E-state index contributed by atoms with van der Waals surface area (Å²) < 4.78 is 4.90. The van der Waals surface area contributed by atoms with Crippen molar-refractivity contribution in [3.05, 3.63) is 0 Å². The van der Waals surface area contributed by atoms with E-state index in [0.717, 1.165) is 24.7 Å². The lowest BCUT2D eigenvalue weighted by Crippen LogP contribution is -2.38. The average molecular weight is 183 g/mol. The lowest BCUT2D eigenvalue weighted by atomic mass is 9.95. The Morgan fingerprint density at radius 3 is 2.62 bits per heavy atom. The molecular formula is C10H17NO2. The lowest BCUT2D eigenvalue weighted by Gasteiger charge is -2.18. The van der Waals surface area contributed by atoms with Gasteiger partial charge < -0.3 is 10.5 Å². The Labute approximate surface area is 78.6 Å². The third kappa shape index (κ3) is 1.70. The second kappa shape index (κ2) is 3.29. The Morgan fingerprint density at radius 2 is 2.08 bits per heavy atom. The van der Waals surface area contributed by atoms with Crippen LogP contribution >= 0.6 is 0 Å². The zero-order valence-corrected chi connectivity index (χ0v) is 8.03. The third-order valence-electron chi connectivity index (χ3n) is 3.35. The number of carbonyl (C=O) groups excluding carboxylic acids is 1. The van der Waals surface area contributed by atoms with Gasteiger partial charge in [-0.1, -0.05) is 0 Å². The van der Waals surface area contributed by atoms with E-state index in [-0.39, 0.29) is 12.0 Å². The van der Waals surface area contributed by atoms with Gasteiger partial charge in [-0.3, -0.25) is 4.79 Å². The molecule has 2 rings (SSSR count). The van der Waals surface area contributed by atoms with Crippen molar-refractivity contribution in [2.45, 2.75) is 32.2 Å². The number of hydrogen-bond donors (Lipinski definition) is 1. The zero-order chi connectivity index (χ0) is 9.42. The maximum atomic E-state index is 11.3. The van der Waals surface area contributed by atoms with E-state index in [1.807, 2.05) is 6.92 Å². The van der Waals surface area contributed by atoms with E-state index in [4.69, 9.17) is 10.5 Å². The number of carbonyl (C=O) groups is 1. The van der Waals surface area contributed by atoms with Crippen LogP contribution < -0.4 is 5.73 Å². The van der Waals surface area contributed by atoms with Gasteiger partial charge in [-0.05, 0) is 43.9 Å². The number of hydrogen-bond acceptors (Lipinski definition) is 3. The molecule has 13 heavy (non-hydrogen) atoms. The molecule has 2 N–H and O–H groups in total. The van der Waals surface area contributed by atoms with Gasteiger partial charge in [0.25, 0.3) is 0 Å². The maximum absolute atomic E-state index is 11.3. The summed E-state index contributed by atoms with van der Waals surface area (Å²) in [5.41, 5.74) is 5.82. The van der Waals surface area contributed by atoms with E-state index < -0.39 is 0 Å². The number of esters is 1. The van der Waals surface area contributed by atoms with E-state index in [1.165, 1.54) is 6.42 Å². The Hall–Kier alpha value is -0.570. The highest BCUT2D eigenvalue weighted by molar-refractivity contribution is 5.75. The first-order valence-corrected chi connectivity index (χ1v) is 5.14. The van der Waals surface area contributed by atoms with Crippen molar-refractivity contribution in [2.75, 3.05) is 6.61 Å². The SMILES string of the molecule is CCOC(=O)C(N)[C@H]1C[C@@H]2C[C@@H]2C1. The molecule has 74 valence electrons. The Kier molecular flexibility index (Phi) is 2.28. The van der Waals surface area contributed by atoms with Gasteiger partial charge in [-0.25, -0.2) is 0 Å². The number of rotatable bonds is 3. The molecule has 0 amide bonds. The van der Waals surface area contributed by atoms with Gasteiger partial charge in [0.1, 0.15) is 6.04 Å². The summed E-state index contributed by atoms with van der Waals surface area (Å²) in [6, 6.07) is -0.368. The van der Waals surface area contributed by atoms with Crippen molar-refractivity contribution in [3.63, 3.8) is 0 Å². The van der Waals surface area contributed by atoms with Crippen LogP contribution in [0.5, 0.6) is 0 Å². The van der Waals surface area contributed by atoms with Crippen molar-refractivity contribution in [3.8, 4) is 0 Å². The van der Waals surface area contributed by atoms with Crippen molar-refractivity contribution in [1.82, 2.24) is 0 Å². The van der Waals surface area contributed by atoms with Crippen LogP contribution in [0.1, 0.15) is 26.2 Å². The molecule has 3 heteroatoms. The summed E-state index contributed by atoms with van der Waals surface area (Å²) >= 11 is 0. The second-order valence-electron chi connectivity index (χ2n) is 4.27. The van der Waals surface area contributed by atoms with Crippen LogP contribution in [0.3, 0.4) is 0 Å². The molecule has 2 aliphatic rings. The first-order chi connectivity index (χ1) is 6.22. The Balaban J connectivity index is 1.82. The van der Waals surface area contributed by atoms with E-state index >= 15 is 0 Å². The van der Waals surface area contributed by atoms with E-state index in [1.54, 1.807) is 0 Å². The summed E-state index contributed by atoms with van der Waals surface area (Å²) in [5, 5.41) is 0. The fourth-order valence-corrected chi connectivity index (χ4v) is 2.49. The minimum absolute atomic E-state index is 0.214. The molecule has 0 bridgehead atoms. The van der Waals surface area contributed by atoms with E-state index in [0.29, 0.717) is 12.5 Å². The smallest absolute Gasteiger partial charge is 0.323 e. The molecule has 1 unspecified atom stereocenters. The molecule has 2 saturated carbocycles. The topological polar surface area (TPSA) is 52.3 Å². The first kappa shape index (κ1) is 9.00. The third-order valence-corrected chi connectivity index (χ3v) is 3.35. The number of fused-ring (bicyclic) bond motifs is 1. The second-order valence-corrected chi connectivity index (χ2v) is 4.27. The molecule has 4 atom stereocenters. The van der Waals surface area contributed by atoms with Crippen LogP contribution in [0.4, 0.5) is 0 Å². The highest BCUT2D eigenvalue weighted by atomic mass is 16.5. The highest BCUT2D eigenvalue weighted by Crippen LogP contribution is 2.54. The molecule has 3 nitrogen and oxygen atoms in total. The van der Waals surface area contributed by atoms with Gasteiger partial charge in [0, 0.05) is 0 Å². The molecule has 0 radical (unpaired) electrons. The van der Waals surface area contributed by atoms with Gasteiger partial charge in [-0.15, -0.1) is 0 Å². The van der Waals surface area contributed by atoms with Crippen LogP contribution in [0.25, 0.3) is 0 Å². The van der Waals surface area contributed by atoms with Crippen molar-refractivity contribution in [1.29, 1.82) is 0 Å². The van der Waals surface area contributed by atoms with Gasteiger partial charge in [0.05, 0.1) is 6.61 Å². The predicted molar refractivity (Wildman–Crippen MR) is 48.9 cm³/mol. The van der Waals surface area contributed by atoms with Crippen molar-refractivity contribution in [2.24, 2.45) is 23.5 Å². The standard InChI is InChI=1S/C10H17NO2/c1-2-13-10(12)9(11)8-4-6-3-7(6)5-8/h6-9H,2-5,11H2,1H3/t6-,7+,8-,9?. The summed E-state index contributed by atoms with van der Waals surface area (Å²) in [4.78, 5) is 11.3. The number of ether oxygens (including phenoxy) is 1. The summed E-state index contributed by atoms with van der Waals surface area (Å²) in [6.07, 6.45) is 3.65. The quantitative estimate of drug-likeness (QED) is 0.662. The Morgan fingerprint density at radius 1 is 1.46 bits per heavy atom. The van der Waals surface area contributed by atoms with Crippen LogP contribution in [-0.4, -0.2) is 18.6 Å². The number of nitrogens with two attached hydrogens (primary N) is 1. The molecule has 0 aromatic heterocycles. The first-order valence-electron chi connectivity index (χ1n) is 5.14. The monoisotopic (exact) mass is 183 g/mol. The molecule has 2 aliphatic carbocycles. The Bertz CT molecular complexity index is 207. The van der Waals surface area contributed by atoms with Gasteiger partial charge >= 0.3 is 5.97 Å². The molecule has 2 fully saturated rings. The fraction of sp³-hybridized carbons (Fsp3) is 0.900. The predicted octanol–water partition coefficient (Wildman–Crippen LogP) is 0.923. The van der Waals surface area contributed by atoms with Gasteiger partial charge in [0.15, 0.2) is 0 Å². The summed E-state index contributed by atoms with van der Waals surface area (Å²) in [6.45, 7) is 2.25. The van der Waals surface area contributed by atoms with E-state index in [2.05, 4.69) is 0 Å². The fourth-order valence-electron chi connectivity index (χ4n) is 2.49. The summed E-state index contributed by atoms with van der Waals surface area (Å²) in [5.74, 6) is 1.94.